The van der Waals surface area contributed by atoms with Gasteiger partial charge in [-0.1, -0.05) is 52.9 Å². The highest BCUT2D eigenvalue weighted by molar-refractivity contribution is 8.00. The van der Waals surface area contributed by atoms with Gasteiger partial charge < -0.3 is 10.1 Å². The van der Waals surface area contributed by atoms with Crippen LogP contribution in [0.2, 0.25) is 5.02 Å². The minimum atomic E-state index is -4.70. The predicted octanol–water partition coefficient (Wildman–Crippen LogP) is 6.19. The number of hydrogen-bond acceptors (Lipinski definition) is 8. The number of rotatable bonds is 7. The van der Waals surface area contributed by atoms with E-state index < -0.39 is 63.9 Å². The van der Waals surface area contributed by atoms with Gasteiger partial charge in [0.05, 0.1) is 34.4 Å². The average molecular weight is 702 g/mol. The van der Waals surface area contributed by atoms with Gasteiger partial charge in [-0.2, -0.15) is 13.2 Å². The minimum Gasteiger partial charge on any atom is -0.462 e. The fourth-order valence-electron chi connectivity index (χ4n) is 5.61. The van der Waals surface area contributed by atoms with Crippen molar-refractivity contribution in [2.24, 2.45) is 5.92 Å². The number of thioether (sulfide) groups is 1. The molecule has 3 heterocycles. The molecule has 3 atom stereocenters. The SMILES string of the molecule is CCOC(=O)c1ccc(NC(=O)Cn2c3c(sc2=O)C(c2ccc(Cl)cc2)C2C(=O)N(c4cccc(C(F)(F)F)c4)C(=O)C2S3)cc1. The highest BCUT2D eigenvalue weighted by Crippen LogP contribution is 2.54. The van der Waals surface area contributed by atoms with Crippen LogP contribution >= 0.6 is 34.7 Å². The van der Waals surface area contributed by atoms with Crippen LogP contribution in [0.4, 0.5) is 24.5 Å². The number of carbonyl (C=O) groups excluding carboxylic acids is 4. The maximum absolute atomic E-state index is 14.0. The monoisotopic (exact) mass is 701 g/mol. The molecule has 6 rings (SSSR count). The lowest BCUT2D eigenvalue weighted by atomic mass is 9.83. The normalized spacial score (nSPS) is 18.9. The molecule has 4 aromatic rings. The summed E-state index contributed by atoms with van der Waals surface area (Å²) in [5.41, 5.74) is -0.00412. The molecule has 3 unspecified atom stereocenters. The number of thiazole rings is 1. The van der Waals surface area contributed by atoms with Crippen LogP contribution in [0.1, 0.15) is 39.2 Å². The number of esters is 1. The van der Waals surface area contributed by atoms with Crippen LogP contribution in [0, 0.1) is 5.92 Å². The van der Waals surface area contributed by atoms with Crippen LogP contribution in [-0.2, 0) is 31.8 Å². The summed E-state index contributed by atoms with van der Waals surface area (Å²) >= 11 is 7.88. The van der Waals surface area contributed by atoms with Gasteiger partial charge in [0.25, 0.3) is 0 Å². The third kappa shape index (κ3) is 6.20. The first-order valence-electron chi connectivity index (χ1n) is 14.1. The Kier molecular flexibility index (Phi) is 8.76. The van der Waals surface area contributed by atoms with Crippen molar-refractivity contribution >= 4 is 69.8 Å². The van der Waals surface area contributed by atoms with E-state index in [1.165, 1.54) is 34.9 Å². The zero-order valence-corrected chi connectivity index (χ0v) is 26.6. The molecule has 15 heteroatoms. The van der Waals surface area contributed by atoms with Crippen LogP contribution in [0.5, 0.6) is 0 Å². The second-order valence-corrected chi connectivity index (χ2v) is 13.2. The van der Waals surface area contributed by atoms with Crippen LogP contribution in [0.25, 0.3) is 0 Å². The number of benzene rings is 3. The highest BCUT2D eigenvalue weighted by atomic mass is 35.5. The second-order valence-electron chi connectivity index (χ2n) is 10.6. The second kappa shape index (κ2) is 12.7. The van der Waals surface area contributed by atoms with Crippen molar-refractivity contribution in [1.82, 2.24) is 4.57 Å². The molecule has 242 valence electrons. The van der Waals surface area contributed by atoms with Gasteiger partial charge in [-0.05, 0) is 67.1 Å². The number of aromatic nitrogens is 1. The first kappa shape index (κ1) is 32.5. The summed E-state index contributed by atoms with van der Waals surface area (Å²) in [6, 6.07) is 16.5. The lowest BCUT2D eigenvalue weighted by molar-refractivity contribution is -0.137. The Morgan fingerprint density at radius 2 is 1.68 bits per heavy atom. The van der Waals surface area contributed by atoms with Crippen molar-refractivity contribution in [3.63, 3.8) is 0 Å². The molecule has 0 spiro atoms. The number of anilines is 2. The van der Waals surface area contributed by atoms with Gasteiger partial charge >= 0.3 is 17.0 Å². The van der Waals surface area contributed by atoms with Gasteiger partial charge in [-0.3, -0.25) is 23.7 Å². The number of fused-ring (bicyclic) bond motifs is 2. The van der Waals surface area contributed by atoms with E-state index in [2.05, 4.69) is 5.32 Å². The average Bonchev–Trinajstić information content (AvgIpc) is 3.47. The fourth-order valence-corrected chi connectivity index (χ4v) is 8.51. The molecule has 1 fully saturated rings. The van der Waals surface area contributed by atoms with Crippen molar-refractivity contribution in [3.8, 4) is 0 Å². The third-order valence-electron chi connectivity index (χ3n) is 7.69. The summed E-state index contributed by atoms with van der Waals surface area (Å²) in [5, 5.41) is 2.30. The number of alkyl halides is 3. The van der Waals surface area contributed by atoms with Gasteiger partial charge in [0, 0.05) is 21.5 Å². The van der Waals surface area contributed by atoms with Crippen molar-refractivity contribution < 1.29 is 37.1 Å². The number of hydrogen-bond donors (Lipinski definition) is 1. The summed E-state index contributed by atoms with van der Waals surface area (Å²) in [7, 11) is 0. The van der Waals surface area contributed by atoms with E-state index in [1.54, 1.807) is 31.2 Å². The number of amides is 3. The molecule has 0 bridgehead atoms. The summed E-state index contributed by atoms with van der Waals surface area (Å²) in [4.78, 5) is 66.9. The Balaban J connectivity index is 1.34. The van der Waals surface area contributed by atoms with E-state index in [0.717, 1.165) is 46.2 Å². The zero-order chi connectivity index (χ0) is 33.6. The molecule has 0 radical (unpaired) electrons. The van der Waals surface area contributed by atoms with Crippen molar-refractivity contribution in [2.75, 3.05) is 16.8 Å². The molecule has 2 aliphatic rings. The van der Waals surface area contributed by atoms with E-state index in [-0.39, 0.29) is 12.3 Å². The minimum absolute atomic E-state index is 0.207. The molecule has 47 heavy (non-hydrogen) atoms. The number of nitrogens with zero attached hydrogens (tertiary/aromatic N) is 2. The van der Waals surface area contributed by atoms with Crippen molar-refractivity contribution in [1.29, 1.82) is 0 Å². The van der Waals surface area contributed by atoms with Crippen molar-refractivity contribution in [2.45, 2.75) is 35.8 Å². The van der Waals surface area contributed by atoms with Crippen LogP contribution in [-0.4, -0.2) is 40.1 Å². The summed E-state index contributed by atoms with van der Waals surface area (Å²) < 4.78 is 46.7. The van der Waals surface area contributed by atoms with Gasteiger partial charge in [-0.15, -0.1) is 0 Å². The highest BCUT2D eigenvalue weighted by Gasteiger charge is 2.57. The van der Waals surface area contributed by atoms with E-state index >= 15 is 0 Å². The molecule has 1 N–H and O–H groups in total. The molecule has 3 aromatic carbocycles. The number of nitrogens with one attached hydrogen (secondary N) is 1. The Morgan fingerprint density at radius 1 is 0.979 bits per heavy atom. The smallest absolute Gasteiger partial charge is 0.416 e. The summed E-state index contributed by atoms with van der Waals surface area (Å²) in [6.45, 7) is 1.46. The largest absolute Gasteiger partial charge is 0.462 e. The maximum atomic E-state index is 14.0. The van der Waals surface area contributed by atoms with E-state index in [1.807, 2.05) is 0 Å². The molecule has 9 nitrogen and oxygen atoms in total. The number of halogens is 4. The Bertz CT molecular complexity index is 1960. The van der Waals surface area contributed by atoms with Gasteiger partial charge in [-0.25, -0.2) is 9.69 Å². The van der Waals surface area contributed by atoms with Crippen LogP contribution in [0.3, 0.4) is 0 Å². The topological polar surface area (TPSA) is 115 Å². The molecule has 3 amide bonds. The van der Waals surface area contributed by atoms with Gasteiger partial charge in [0.2, 0.25) is 17.7 Å². The first-order chi connectivity index (χ1) is 22.4. The molecular formula is C32H23ClF3N3O6S2. The Morgan fingerprint density at radius 3 is 2.34 bits per heavy atom. The quantitative estimate of drug-likeness (QED) is 0.181. The molecule has 0 saturated carbocycles. The summed E-state index contributed by atoms with van der Waals surface area (Å²) in [6.07, 6.45) is -4.70. The van der Waals surface area contributed by atoms with E-state index in [4.69, 9.17) is 16.3 Å². The van der Waals surface area contributed by atoms with Gasteiger partial charge in [0.15, 0.2) is 0 Å². The van der Waals surface area contributed by atoms with E-state index in [0.29, 0.717) is 31.7 Å². The molecular weight excluding hydrogens is 679 g/mol. The standard InChI is InChI=1S/C32H23ClF3N3O6S2/c1-2-45-30(43)17-8-12-20(13-9-17)37-22(40)15-38-29-26(47-31(38)44)23(16-6-10-19(33)11-7-16)24-25(46-29)28(42)39(27(24)41)21-5-3-4-18(14-21)32(34,35)36/h3-14,23-25H,2,15H2,1H3,(H,37,40). The van der Waals surface area contributed by atoms with Crippen molar-refractivity contribution in [3.05, 3.63) is 109 Å². The lowest BCUT2D eigenvalue weighted by Crippen LogP contribution is -2.33. The molecule has 0 aliphatic carbocycles. The van der Waals surface area contributed by atoms with Crippen LogP contribution in [0.15, 0.2) is 82.6 Å². The maximum Gasteiger partial charge on any atom is 0.416 e. The zero-order valence-electron chi connectivity index (χ0n) is 24.2. The number of carbonyl (C=O) groups is 4. The first-order valence-corrected chi connectivity index (χ1v) is 16.2. The van der Waals surface area contributed by atoms with Crippen LogP contribution < -0.4 is 15.1 Å². The Hall–Kier alpha value is -4.40. The van der Waals surface area contributed by atoms with E-state index in [9.17, 15) is 37.1 Å². The lowest BCUT2D eigenvalue weighted by Gasteiger charge is -2.30. The third-order valence-corrected chi connectivity index (χ3v) is 10.5. The molecule has 1 aromatic heterocycles. The summed E-state index contributed by atoms with van der Waals surface area (Å²) in [5.74, 6) is -4.38. The predicted molar refractivity (Wildman–Crippen MR) is 170 cm³/mol. The molecule has 2 aliphatic heterocycles. The fraction of sp³-hybridized carbons (Fsp3) is 0.219. The number of imide groups is 1. The number of ether oxygens (including phenoxy) is 1. The molecule has 1 saturated heterocycles. The van der Waals surface area contributed by atoms with Gasteiger partial charge in [0.1, 0.15) is 11.8 Å². The Labute approximate surface area is 278 Å².